The first-order chi connectivity index (χ1) is 6.74. The second kappa shape index (κ2) is 6.18. The van der Waals surface area contributed by atoms with Gasteiger partial charge in [-0.3, -0.25) is 0 Å². The van der Waals surface area contributed by atoms with Gasteiger partial charge in [0.25, 0.3) is 0 Å². The van der Waals surface area contributed by atoms with E-state index in [1.807, 2.05) is 0 Å². The Labute approximate surface area is 87.7 Å². The van der Waals surface area contributed by atoms with Gasteiger partial charge in [0.15, 0.2) is 0 Å². The van der Waals surface area contributed by atoms with Crippen molar-refractivity contribution in [3.63, 3.8) is 0 Å². The molecule has 1 atom stereocenters. The molecule has 82 valence electrons. The Bertz CT molecular complexity index is 177. The van der Waals surface area contributed by atoms with Gasteiger partial charge in [-0.25, -0.2) is 0 Å². The monoisotopic (exact) mass is 197 g/mol. The largest absolute Gasteiger partial charge is 0.300 e. The SMILES string of the molecule is CCCN1CCCCC1CCC(C)=O. The van der Waals surface area contributed by atoms with Crippen molar-refractivity contribution in [2.24, 2.45) is 0 Å². The molecule has 1 saturated heterocycles. The molecule has 0 spiro atoms. The van der Waals surface area contributed by atoms with Gasteiger partial charge in [-0.05, 0) is 45.7 Å². The lowest BCUT2D eigenvalue weighted by Crippen LogP contribution is -2.40. The van der Waals surface area contributed by atoms with Gasteiger partial charge >= 0.3 is 0 Å². The summed E-state index contributed by atoms with van der Waals surface area (Å²) in [4.78, 5) is 13.5. The highest BCUT2D eigenvalue weighted by Gasteiger charge is 2.21. The van der Waals surface area contributed by atoms with Crippen molar-refractivity contribution in [3.05, 3.63) is 0 Å². The van der Waals surface area contributed by atoms with Crippen LogP contribution < -0.4 is 0 Å². The molecule has 1 aliphatic rings. The lowest BCUT2D eigenvalue weighted by molar-refractivity contribution is -0.117. The summed E-state index contributed by atoms with van der Waals surface area (Å²) < 4.78 is 0. The van der Waals surface area contributed by atoms with Crippen molar-refractivity contribution in [2.75, 3.05) is 13.1 Å². The first kappa shape index (κ1) is 11.7. The van der Waals surface area contributed by atoms with E-state index in [2.05, 4.69) is 11.8 Å². The molecule has 1 fully saturated rings. The Morgan fingerprint density at radius 2 is 2.21 bits per heavy atom. The smallest absolute Gasteiger partial charge is 0.129 e. The minimum atomic E-state index is 0.340. The number of rotatable bonds is 5. The highest BCUT2D eigenvalue weighted by molar-refractivity contribution is 5.75. The standard InChI is InChI=1S/C12H23NO/c1-3-9-13-10-5-4-6-12(13)8-7-11(2)14/h12H,3-10H2,1-2H3. The van der Waals surface area contributed by atoms with Crippen molar-refractivity contribution in [1.29, 1.82) is 0 Å². The molecule has 0 aromatic heterocycles. The molecule has 0 aliphatic carbocycles. The quantitative estimate of drug-likeness (QED) is 0.675. The Morgan fingerprint density at radius 3 is 2.86 bits per heavy atom. The maximum absolute atomic E-state index is 10.9. The molecule has 0 radical (unpaired) electrons. The van der Waals surface area contributed by atoms with Gasteiger partial charge < -0.3 is 9.69 Å². The highest BCUT2D eigenvalue weighted by atomic mass is 16.1. The fourth-order valence-corrected chi connectivity index (χ4v) is 2.34. The lowest BCUT2D eigenvalue weighted by atomic mass is 9.97. The van der Waals surface area contributed by atoms with Gasteiger partial charge in [0, 0.05) is 12.5 Å². The van der Waals surface area contributed by atoms with Gasteiger partial charge in [-0.15, -0.1) is 0 Å². The van der Waals surface area contributed by atoms with Crippen LogP contribution in [0.3, 0.4) is 0 Å². The number of hydrogen-bond acceptors (Lipinski definition) is 2. The van der Waals surface area contributed by atoms with Crippen molar-refractivity contribution < 1.29 is 4.79 Å². The molecule has 0 saturated carbocycles. The normalized spacial score (nSPS) is 23.7. The average Bonchev–Trinajstić information content (AvgIpc) is 2.17. The maximum atomic E-state index is 10.9. The second-order valence-corrected chi connectivity index (χ2v) is 4.43. The van der Waals surface area contributed by atoms with Gasteiger partial charge in [0.05, 0.1) is 0 Å². The van der Waals surface area contributed by atoms with E-state index in [4.69, 9.17) is 0 Å². The predicted octanol–water partition coefficient (Wildman–Crippen LogP) is 2.62. The Hall–Kier alpha value is -0.370. The van der Waals surface area contributed by atoms with Crippen LogP contribution in [0.4, 0.5) is 0 Å². The van der Waals surface area contributed by atoms with Crippen LogP contribution in [0.1, 0.15) is 52.4 Å². The maximum Gasteiger partial charge on any atom is 0.129 e. The lowest BCUT2D eigenvalue weighted by Gasteiger charge is -2.35. The molecule has 0 bridgehead atoms. The van der Waals surface area contributed by atoms with E-state index in [1.165, 1.54) is 38.8 Å². The molecule has 1 heterocycles. The summed E-state index contributed by atoms with van der Waals surface area (Å²) in [7, 11) is 0. The number of nitrogens with zero attached hydrogens (tertiary/aromatic N) is 1. The third-order valence-corrected chi connectivity index (χ3v) is 3.09. The van der Waals surface area contributed by atoms with Crippen LogP contribution in [-0.2, 0) is 4.79 Å². The molecule has 2 nitrogen and oxygen atoms in total. The molecule has 1 unspecified atom stereocenters. The number of carbonyl (C=O) groups excluding carboxylic acids is 1. The van der Waals surface area contributed by atoms with Gasteiger partial charge in [0.1, 0.15) is 5.78 Å². The van der Waals surface area contributed by atoms with E-state index in [0.717, 1.165) is 12.8 Å². The van der Waals surface area contributed by atoms with E-state index in [9.17, 15) is 4.79 Å². The van der Waals surface area contributed by atoms with E-state index in [0.29, 0.717) is 11.8 Å². The second-order valence-electron chi connectivity index (χ2n) is 4.43. The first-order valence-electron chi connectivity index (χ1n) is 5.97. The number of piperidine rings is 1. The minimum absolute atomic E-state index is 0.340. The third-order valence-electron chi connectivity index (χ3n) is 3.09. The number of carbonyl (C=O) groups is 1. The fourth-order valence-electron chi connectivity index (χ4n) is 2.34. The molecule has 0 aromatic carbocycles. The summed E-state index contributed by atoms with van der Waals surface area (Å²) in [6, 6.07) is 0.688. The van der Waals surface area contributed by atoms with Crippen molar-refractivity contribution in [3.8, 4) is 0 Å². The van der Waals surface area contributed by atoms with E-state index in [-0.39, 0.29) is 0 Å². The first-order valence-corrected chi connectivity index (χ1v) is 5.97. The average molecular weight is 197 g/mol. The van der Waals surface area contributed by atoms with Crippen LogP contribution in [0.15, 0.2) is 0 Å². The molecule has 0 N–H and O–H groups in total. The van der Waals surface area contributed by atoms with E-state index < -0.39 is 0 Å². The summed E-state index contributed by atoms with van der Waals surface area (Å²) in [5.41, 5.74) is 0. The van der Waals surface area contributed by atoms with E-state index >= 15 is 0 Å². The molecule has 0 amide bonds. The van der Waals surface area contributed by atoms with Crippen LogP contribution in [0, 0.1) is 0 Å². The van der Waals surface area contributed by atoms with Crippen molar-refractivity contribution in [2.45, 2.75) is 58.4 Å². The highest BCUT2D eigenvalue weighted by Crippen LogP contribution is 2.20. The topological polar surface area (TPSA) is 20.3 Å². The predicted molar refractivity (Wildman–Crippen MR) is 59.4 cm³/mol. The molecule has 1 aliphatic heterocycles. The fraction of sp³-hybridized carbons (Fsp3) is 0.917. The van der Waals surface area contributed by atoms with Crippen molar-refractivity contribution >= 4 is 5.78 Å². The van der Waals surface area contributed by atoms with Crippen LogP contribution in [0.2, 0.25) is 0 Å². The molecular formula is C12H23NO. The van der Waals surface area contributed by atoms with Crippen LogP contribution in [0.5, 0.6) is 0 Å². The molecule has 14 heavy (non-hydrogen) atoms. The Kier molecular flexibility index (Phi) is 5.16. The van der Waals surface area contributed by atoms with Gasteiger partial charge in [0.2, 0.25) is 0 Å². The third kappa shape index (κ3) is 3.79. The van der Waals surface area contributed by atoms with Gasteiger partial charge in [-0.1, -0.05) is 13.3 Å². The zero-order chi connectivity index (χ0) is 10.4. The Morgan fingerprint density at radius 1 is 1.43 bits per heavy atom. The van der Waals surface area contributed by atoms with Crippen LogP contribution >= 0.6 is 0 Å². The summed E-state index contributed by atoms with van der Waals surface area (Å²) >= 11 is 0. The molecule has 1 rings (SSSR count). The summed E-state index contributed by atoms with van der Waals surface area (Å²) in [6.07, 6.45) is 7.07. The molecule has 2 heteroatoms. The van der Waals surface area contributed by atoms with Crippen molar-refractivity contribution in [1.82, 2.24) is 4.90 Å². The van der Waals surface area contributed by atoms with Crippen LogP contribution in [0.25, 0.3) is 0 Å². The number of Topliss-reactive ketones (excluding diaryl/α,β-unsaturated/α-hetero) is 1. The minimum Gasteiger partial charge on any atom is -0.300 e. The Balaban J connectivity index is 2.33. The zero-order valence-electron chi connectivity index (χ0n) is 9.59. The molecule has 0 aromatic rings. The summed E-state index contributed by atoms with van der Waals surface area (Å²) in [5.74, 6) is 0.340. The summed E-state index contributed by atoms with van der Waals surface area (Å²) in [6.45, 7) is 6.39. The number of hydrogen-bond donors (Lipinski definition) is 0. The molecular weight excluding hydrogens is 174 g/mol. The number of likely N-dealkylation sites (tertiary alicyclic amines) is 1. The number of ketones is 1. The zero-order valence-corrected chi connectivity index (χ0v) is 9.59. The van der Waals surface area contributed by atoms with Gasteiger partial charge in [-0.2, -0.15) is 0 Å². The van der Waals surface area contributed by atoms with Crippen LogP contribution in [-0.4, -0.2) is 29.8 Å². The summed E-state index contributed by atoms with van der Waals surface area (Å²) in [5, 5.41) is 0. The van der Waals surface area contributed by atoms with E-state index in [1.54, 1.807) is 6.92 Å².